The summed E-state index contributed by atoms with van der Waals surface area (Å²) in [6.07, 6.45) is 2.76. The molecular formula is C27H26N2O3. The first kappa shape index (κ1) is 21.4. The van der Waals surface area contributed by atoms with Crippen molar-refractivity contribution in [3.8, 4) is 5.75 Å². The molecule has 0 aliphatic rings. The number of fused-ring (bicyclic) bond motifs is 1. The van der Waals surface area contributed by atoms with Crippen LogP contribution in [-0.2, 0) is 0 Å². The average Bonchev–Trinajstić information content (AvgIpc) is 3.25. The molecule has 5 heteroatoms. The van der Waals surface area contributed by atoms with Gasteiger partial charge in [-0.15, -0.1) is 0 Å². The first-order chi connectivity index (χ1) is 15.5. The Balaban J connectivity index is 1.73. The van der Waals surface area contributed by atoms with Gasteiger partial charge >= 0.3 is 0 Å². The molecule has 0 saturated carbocycles. The molecule has 0 radical (unpaired) electrons. The van der Waals surface area contributed by atoms with E-state index in [4.69, 9.17) is 9.15 Å². The molecule has 0 saturated heterocycles. The lowest BCUT2D eigenvalue weighted by atomic mass is 10.0. The highest BCUT2D eigenvalue weighted by Gasteiger charge is 2.20. The number of nitrogens with zero attached hydrogens (tertiary/aromatic N) is 2. The van der Waals surface area contributed by atoms with Crippen molar-refractivity contribution in [3.05, 3.63) is 89.8 Å². The van der Waals surface area contributed by atoms with Gasteiger partial charge in [0.2, 0.25) is 5.89 Å². The number of oxazole rings is 1. The molecule has 3 aromatic carbocycles. The van der Waals surface area contributed by atoms with E-state index in [1.54, 1.807) is 12.1 Å². The normalized spacial score (nSPS) is 11.5. The Labute approximate surface area is 188 Å². The van der Waals surface area contributed by atoms with Crippen molar-refractivity contribution < 1.29 is 13.9 Å². The van der Waals surface area contributed by atoms with Crippen LogP contribution in [-0.4, -0.2) is 31.5 Å². The van der Waals surface area contributed by atoms with Gasteiger partial charge in [-0.1, -0.05) is 31.2 Å². The smallest absolute Gasteiger partial charge is 0.231 e. The minimum Gasteiger partial charge on any atom is -0.494 e. The minimum atomic E-state index is -0.157. The zero-order chi connectivity index (χ0) is 22.5. The number of ether oxygens (including phenoxy) is 1. The van der Waals surface area contributed by atoms with E-state index < -0.39 is 0 Å². The van der Waals surface area contributed by atoms with Gasteiger partial charge in [0.15, 0.2) is 11.4 Å². The van der Waals surface area contributed by atoms with Crippen molar-refractivity contribution in [1.29, 1.82) is 0 Å². The molecule has 0 amide bonds. The van der Waals surface area contributed by atoms with E-state index in [0.29, 0.717) is 34.7 Å². The van der Waals surface area contributed by atoms with Gasteiger partial charge in [-0.25, -0.2) is 4.98 Å². The highest BCUT2D eigenvalue weighted by Crippen LogP contribution is 2.27. The van der Waals surface area contributed by atoms with Crippen LogP contribution in [0.25, 0.3) is 22.7 Å². The number of Topliss-reactive ketones (excluding diaryl/α,β-unsaturated/α-hetero) is 1. The Morgan fingerprint density at radius 2 is 1.72 bits per heavy atom. The highest BCUT2D eigenvalue weighted by molar-refractivity contribution is 6.31. The molecule has 4 rings (SSSR count). The van der Waals surface area contributed by atoms with E-state index in [0.717, 1.165) is 23.4 Å². The molecule has 0 aliphatic heterocycles. The van der Waals surface area contributed by atoms with Crippen LogP contribution in [0.3, 0.4) is 0 Å². The molecule has 0 atom stereocenters. The summed E-state index contributed by atoms with van der Waals surface area (Å²) < 4.78 is 11.6. The van der Waals surface area contributed by atoms with Crippen LogP contribution in [0.4, 0.5) is 5.69 Å². The van der Waals surface area contributed by atoms with Crippen molar-refractivity contribution in [1.82, 2.24) is 4.98 Å². The maximum absolute atomic E-state index is 13.5. The molecule has 5 nitrogen and oxygen atoms in total. The fourth-order valence-electron chi connectivity index (χ4n) is 3.33. The second kappa shape index (κ2) is 9.52. The van der Waals surface area contributed by atoms with Crippen molar-refractivity contribution in [2.75, 3.05) is 25.6 Å². The van der Waals surface area contributed by atoms with Crippen LogP contribution >= 0.6 is 0 Å². The van der Waals surface area contributed by atoms with E-state index >= 15 is 0 Å². The van der Waals surface area contributed by atoms with Crippen molar-refractivity contribution in [2.45, 2.75) is 13.3 Å². The fourth-order valence-corrected chi connectivity index (χ4v) is 3.33. The number of hydrogen-bond donors (Lipinski definition) is 0. The first-order valence-corrected chi connectivity index (χ1v) is 10.7. The summed E-state index contributed by atoms with van der Waals surface area (Å²) in [7, 11) is 3.98. The topological polar surface area (TPSA) is 55.6 Å². The Bertz CT molecular complexity index is 1200. The fraction of sp³-hybridized carbons (Fsp3) is 0.185. The molecule has 0 fully saturated rings. The van der Waals surface area contributed by atoms with Gasteiger partial charge < -0.3 is 14.1 Å². The van der Waals surface area contributed by atoms with E-state index in [1.807, 2.05) is 85.7 Å². The highest BCUT2D eigenvalue weighted by atomic mass is 16.5. The van der Waals surface area contributed by atoms with E-state index in [2.05, 4.69) is 11.9 Å². The number of benzene rings is 3. The Kier molecular flexibility index (Phi) is 6.36. The number of allylic oxidation sites excluding steroid dienone is 1. The van der Waals surface area contributed by atoms with Crippen LogP contribution in [0.5, 0.6) is 5.75 Å². The average molecular weight is 427 g/mol. The van der Waals surface area contributed by atoms with Crippen LogP contribution in [0.2, 0.25) is 0 Å². The summed E-state index contributed by atoms with van der Waals surface area (Å²) in [5, 5.41) is 0. The van der Waals surface area contributed by atoms with Gasteiger partial charge in [-0.05, 0) is 66.6 Å². The molecule has 0 N–H and O–H groups in total. The summed E-state index contributed by atoms with van der Waals surface area (Å²) in [4.78, 5) is 20.1. The minimum absolute atomic E-state index is 0.157. The monoisotopic (exact) mass is 426 g/mol. The third-order valence-corrected chi connectivity index (χ3v) is 5.08. The number of rotatable bonds is 8. The van der Waals surface area contributed by atoms with E-state index in [1.165, 1.54) is 0 Å². The number of ketones is 1. The second-order valence-corrected chi connectivity index (χ2v) is 7.73. The SMILES string of the molecule is CCCOc1ccc(C(=O)/C(=C\c2ccc(N(C)C)cc2)c2nc3ccccc3o2)cc1. The van der Waals surface area contributed by atoms with Crippen molar-refractivity contribution in [2.24, 2.45) is 0 Å². The number of carbonyl (C=O) groups is 1. The lowest BCUT2D eigenvalue weighted by Crippen LogP contribution is -2.08. The van der Waals surface area contributed by atoms with Crippen LogP contribution in [0.1, 0.15) is 35.2 Å². The number of para-hydroxylation sites is 2. The standard InChI is InChI=1S/C27H26N2O3/c1-4-17-31-22-15-11-20(12-16-22)26(30)23(18-19-9-13-21(14-10-19)29(2)3)27-28-24-7-5-6-8-25(24)32-27/h5-16,18H,4,17H2,1-3H3/b23-18+. The molecule has 32 heavy (non-hydrogen) atoms. The zero-order valence-electron chi connectivity index (χ0n) is 18.5. The van der Waals surface area contributed by atoms with Crippen molar-refractivity contribution >= 4 is 34.2 Å². The van der Waals surface area contributed by atoms with Crippen LogP contribution < -0.4 is 9.64 Å². The molecule has 0 aliphatic carbocycles. The maximum Gasteiger partial charge on any atom is 0.231 e. The van der Waals surface area contributed by atoms with Gasteiger partial charge in [0, 0.05) is 25.3 Å². The van der Waals surface area contributed by atoms with E-state index in [-0.39, 0.29) is 5.78 Å². The quantitative estimate of drug-likeness (QED) is 0.251. The van der Waals surface area contributed by atoms with Crippen LogP contribution in [0.15, 0.2) is 77.2 Å². The lowest BCUT2D eigenvalue weighted by molar-refractivity contribution is 0.105. The third kappa shape index (κ3) is 4.72. The zero-order valence-corrected chi connectivity index (χ0v) is 18.5. The summed E-state index contributed by atoms with van der Waals surface area (Å²) in [5.41, 5.74) is 4.29. The van der Waals surface area contributed by atoms with Crippen LogP contribution in [0, 0.1) is 0 Å². The van der Waals surface area contributed by atoms with Gasteiger partial charge in [0.05, 0.1) is 12.2 Å². The number of anilines is 1. The van der Waals surface area contributed by atoms with E-state index in [9.17, 15) is 4.79 Å². The molecule has 0 unspecified atom stereocenters. The summed E-state index contributed by atoms with van der Waals surface area (Å²) in [5.74, 6) is 0.893. The molecule has 4 aromatic rings. The first-order valence-electron chi connectivity index (χ1n) is 10.7. The number of hydrogen-bond acceptors (Lipinski definition) is 5. The van der Waals surface area contributed by atoms with Crippen molar-refractivity contribution in [3.63, 3.8) is 0 Å². The summed E-state index contributed by atoms with van der Waals surface area (Å²) in [6, 6.07) is 22.7. The summed E-state index contributed by atoms with van der Waals surface area (Å²) >= 11 is 0. The Morgan fingerprint density at radius 3 is 2.38 bits per heavy atom. The van der Waals surface area contributed by atoms with Gasteiger partial charge in [0.25, 0.3) is 0 Å². The molecule has 1 aromatic heterocycles. The molecule has 1 heterocycles. The second-order valence-electron chi connectivity index (χ2n) is 7.73. The number of aromatic nitrogens is 1. The summed E-state index contributed by atoms with van der Waals surface area (Å²) in [6.45, 7) is 2.70. The number of carbonyl (C=O) groups excluding carboxylic acids is 1. The molecule has 0 spiro atoms. The third-order valence-electron chi connectivity index (χ3n) is 5.08. The predicted octanol–water partition coefficient (Wildman–Crippen LogP) is 6.11. The Hall–Kier alpha value is -3.86. The molecule has 0 bridgehead atoms. The van der Waals surface area contributed by atoms with Gasteiger partial charge in [0.1, 0.15) is 11.3 Å². The molecular weight excluding hydrogens is 400 g/mol. The van der Waals surface area contributed by atoms with Gasteiger partial charge in [-0.2, -0.15) is 0 Å². The maximum atomic E-state index is 13.5. The lowest BCUT2D eigenvalue weighted by Gasteiger charge is -2.12. The molecule has 162 valence electrons. The van der Waals surface area contributed by atoms with Gasteiger partial charge in [-0.3, -0.25) is 4.79 Å². The Morgan fingerprint density at radius 1 is 1.00 bits per heavy atom. The largest absolute Gasteiger partial charge is 0.494 e. The predicted molar refractivity (Wildman–Crippen MR) is 129 cm³/mol.